The summed E-state index contributed by atoms with van der Waals surface area (Å²) in [6.07, 6.45) is 14.9. The van der Waals surface area contributed by atoms with Gasteiger partial charge in [0.05, 0.1) is 107 Å². The fourth-order valence-corrected chi connectivity index (χ4v) is 19.8. The maximum Gasteiger partial charge on any atom is 0.345 e. The molecule has 18 rings (SSSR count). The normalized spacial score (nSPS) is 13.5. The van der Waals surface area contributed by atoms with Crippen LogP contribution in [-0.4, -0.2) is 130 Å². The average Bonchev–Trinajstić information content (AvgIpc) is 1.25. The van der Waals surface area contributed by atoms with E-state index < -0.39 is 40.2 Å². The lowest BCUT2D eigenvalue weighted by molar-refractivity contribution is 0.0513. The molecule has 0 spiro atoms. The molecule has 25 nitrogen and oxygen atoms in total. The summed E-state index contributed by atoms with van der Waals surface area (Å²) in [5.74, 6) is -2.79. The summed E-state index contributed by atoms with van der Waals surface area (Å²) in [5, 5.41) is 12.4. The van der Waals surface area contributed by atoms with Gasteiger partial charge in [-0.3, -0.25) is 19.2 Å². The van der Waals surface area contributed by atoms with Gasteiger partial charge in [0, 0.05) is 138 Å². The number of aryl methyl sites for hydroxylation is 3. The number of rotatable bonds is 18. The fraction of sp³-hybridized carbons (Fsp3) is 0.260. The molecule has 0 atom stereocenters. The molecule has 30 heteroatoms. The highest BCUT2D eigenvalue weighted by Crippen LogP contribution is 2.42. The number of aromatic carboxylic acids is 1. The van der Waals surface area contributed by atoms with Crippen molar-refractivity contribution in [2.75, 3.05) is 91.8 Å². The van der Waals surface area contributed by atoms with Crippen molar-refractivity contribution in [3.8, 4) is 62.2 Å². The first kappa shape index (κ1) is 87.9. The number of nitrogens with zero attached hydrogens (tertiary/aromatic N) is 12. The first-order valence-corrected chi connectivity index (χ1v) is 45.4. The van der Waals surface area contributed by atoms with E-state index in [9.17, 15) is 43.5 Å². The summed E-state index contributed by atoms with van der Waals surface area (Å²) in [4.78, 5) is 129. The Morgan fingerprint density at radius 3 is 1.06 bits per heavy atom. The monoisotopic (exact) mass is 1870 g/mol. The Kier molecular flexibility index (Phi) is 27.3. The number of aromatic nitrogens is 6. The predicted molar refractivity (Wildman–Crippen MR) is 505 cm³/mol. The first-order valence-electron chi connectivity index (χ1n) is 41.4. The number of carboxylic acid groups (broad SMARTS) is 1. The van der Waals surface area contributed by atoms with Crippen LogP contribution in [0.3, 0.4) is 0 Å². The van der Waals surface area contributed by atoms with Crippen LogP contribution in [0.4, 0.5) is 34.1 Å². The van der Waals surface area contributed by atoms with Crippen molar-refractivity contribution in [1.29, 1.82) is 0 Å². The number of carboxylic acids is 1. The van der Waals surface area contributed by atoms with E-state index in [1.165, 1.54) is 62.3 Å². The van der Waals surface area contributed by atoms with Crippen LogP contribution in [0.25, 0.3) is 102 Å². The topological polar surface area (TPSA) is 273 Å². The summed E-state index contributed by atoms with van der Waals surface area (Å²) in [7, 11) is 0. The third-order valence-electron chi connectivity index (χ3n) is 22.0. The number of carbonyl (C=O) groups excluding carboxylic acids is 3. The summed E-state index contributed by atoms with van der Waals surface area (Å²) >= 11 is 12.1. The molecule has 640 valence electrons. The molecule has 0 saturated carbocycles. The SMILES string of the molecule is CCOC(=O)c1cn(-c2ccc3nc(C)sc3c2)c(-c2ccc(N3CCCC3)c(Br)c2)cc1=O.CCOC(=O)c1coc(-c2ccc(N3CCCC3)c(Br)c2)cc1=O.[C-]#[N+]c1cc(-c2cc(=O)c(C(=O)O)cn2-c2ccc3nc(C)sc3c2)ccc1N1CCCC1.[C-]#[N+]c1cc(-c2cc(=O)c(C(=O)OCC)cn2-c2ccc3nc(C)sc3c2)ccc1N1CCCC1. The third kappa shape index (κ3) is 19.3. The Hall–Kier alpha value is -13.0. The molecule has 4 aliphatic heterocycles. The van der Waals surface area contributed by atoms with E-state index in [0.29, 0.717) is 39.8 Å². The molecular weight excluding hydrogens is 1790 g/mol. The van der Waals surface area contributed by atoms with Crippen molar-refractivity contribution in [3.63, 3.8) is 0 Å². The maximum atomic E-state index is 13.0. The van der Waals surface area contributed by atoms with Gasteiger partial charge < -0.3 is 57.0 Å². The minimum Gasteiger partial charge on any atom is -0.477 e. The van der Waals surface area contributed by atoms with Crippen LogP contribution >= 0.6 is 65.9 Å². The highest BCUT2D eigenvalue weighted by atomic mass is 79.9. The second-order valence-corrected chi connectivity index (χ2v) is 35.7. The van der Waals surface area contributed by atoms with E-state index in [4.69, 9.17) is 31.8 Å². The Labute approximate surface area is 753 Å². The molecule has 11 heterocycles. The van der Waals surface area contributed by atoms with E-state index in [1.807, 2.05) is 145 Å². The van der Waals surface area contributed by atoms with Crippen molar-refractivity contribution in [3.05, 3.63) is 286 Å². The number of benzene rings is 7. The highest BCUT2D eigenvalue weighted by Gasteiger charge is 2.27. The quantitative estimate of drug-likeness (QED) is 0.0475. The van der Waals surface area contributed by atoms with E-state index in [-0.39, 0.29) is 47.5 Å². The van der Waals surface area contributed by atoms with Gasteiger partial charge in [-0.1, -0.05) is 18.2 Å². The molecule has 4 saturated heterocycles. The molecule has 14 aromatic rings. The van der Waals surface area contributed by atoms with Crippen molar-refractivity contribution in [2.24, 2.45) is 0 Å². The van der Waals surface area contributed by atoms with Gasteiger partial charge in [0.1, 0.15) is 34.3 Å². The number of carbonyl (C=O) groups is 4. The molecule has 0 radical (unpaired) electrons. The first-order chi connectivity index (χ1) is 61.0. The number of ether oxygens (including phenoxy) is 3. The number of anilines is 4. The Bertz CT molecular complexity index is 6930. The smallest absolute Gasteiger partial charge is 0.345 e. The molecule has 0 amide bonds. The standard InChI is InChI=1S/C27H24N4O3S.C26H24BrN3O3S.C25H20N4O3S.C18H18BrNO4/c1-4-34-27(33)20-16-31(19-8-9-21-26(14-19)35-17(2)29-21)24(15-25(20)32)18-7-10-23(22(13-18)28-3)30-11-5-6-12-30;1-3-33-26(32)19-15-30(18-7-8-21-25(13-18)34-16(2)28-21)23(14-24(19)31)17-6-9-22(20(27)12-17)29-10-4-5-11-29;1-15-27-19-7-6-17(12-24(19)33-15)29-14-18(25(31)32)23(30)13-22(29)16-5-8-21(20(11-16)26-2)28-9-3-4-10-28;1-2-23-18(22)13-11-24-17(10-16(13)21)12-5-6-15(14(19)9-12)20-7-3-4-8-20/h7-10,13-16H,4-6,11-12H2,1-2H3;6-9,12-15H,3-5,10-11H2,1-2H3;5-8,11-14H,3-4,9-10H2,1H3,(H,31,32);5-6,9-11H,2-4,7-8H2,1H3. The zero-order valence-electron chi connectivity index (χ0n) is 69.9. The van der Waals surface area contributed by atoms with Crippen molar-refractivity contribution in [2.45, 2.75) is 92.9 Å². The molecular formula is C96H86Br2N12O13S3. The number of hydrogen-bond donors (Lipinski definition) is 1. The number of thiazole rings is 3. The third-order valence-corrected chi connectivity index (χ3v) is 26.1. The number of fused-ring (bicyclic) bond motifs is 3. The van der Waals surface area contributed by atoms with Gasteiger partial charge in [-0.2, -0.15) is 0 Å². The van der Waals surface area contributed by atoms with Crippen LogP contribution in [0.1, 0.15) is 129 Å². The average molecular weight is 1870 g/mol. The zero-order valence-corrected chi connectivity index (χ0v) is 75.5. The highest BCUT2D eigenvalue weighted by molar-refractivity contribution is 9.11. The largest absolute Gasteiger partial charge is 0.477 e. The molecule has 7 aromatic carbocycles. The van der Waals surface area contributed by atoms with Gasteiger partial charge in [-0.25, -0.2) is 43.8 Å². The minimum atomic E-state index is -1.28. The lowest BCUT2D eigenvalue weighted by atomic mass is 10.1. The Balaban J connectivity index is 0.000000131. The molecule has 7 aromatic heterocycles. The van der Waals surface area contributed by atoms with Crippen molar-refractivity contribution in [1.82, 2.24) is 28.7 Å². The van der Waals surface area contributed by atoms with Gasteiger partial charge in [0.15, 0.2) is 21.7 Å². The van der Waals surface area contributed by atoms with Crippen LogP contribution in [0.5, 0.6) is 0 Å². The van der Waals surface area contributed by atoms with Crippen LogP contribution < -0.4 is 41.3 Å². The number of hydrogen-bond acceptors (Lipinski definition) is 22. The molecule has 4 fully saturated rings. The van der Waals surface area contributed by atoms with E-state index in [0.717, 1.165) is 195 Å². The van der Waals surface area contributed by atoms with E-state index in [1.54, 1.807) is 71.6 Å². The van der Waals surface area contributed by atoms with Crippen LogP contribution in [-0.2, 0) is 14.2 Å². The summed E-state index contributed by atoms with van der Waals surface area (Å²) in [5.41, 5.74) is 12.9. The van der Waals surface area contributed by atoms with Crippen LogP contribution in [0.2, 0.25) is 0 Å². The summed E-state index contributed by atoms with van der Waals surface area (Å²) in [6.45, 7) is 35.0. The summed E-state index contributed by atoms with van der Waals surface area (Å²) in [6, 6.07) is 46.5. The molecule has 0 aliphatic carbocycles. The molecule has 126 heavy (non-hydrogen) atoms. The summed E-state index contributed by atoms with van der Waals surface area (Å²) < 4.78 is 30.9. The second kappa shape index (κ2) is 39.1. The maximum absolute atomic E-state index is 13.0. The van der Waals surface area contributed by atoms with Gasteiger partial charge in [-0.15, -0.1) is 34.0 Å². The number of pyridine rings is 3. The Morgan fingerprint density at radius 2 is 0.714 bits per heavy atom. The predicted octanol–water partition coefficient (Wildman–Crippen LogP) is 20.8. The Morgan fingerprint density at radius 1 is 0.405 bits per heavy atom. The van der Waals surface area contributed by atoms with Gasteiger partial charge >= 0.3 is 23.9 Å². The van der Waals surface area contributed by atoms with Crippen molar-refractivity contribution < 1.29 is 42.9 Å². The number of esters is 3. The van der Waals surface area contributed by atoms with Crippen molar-refractivity contribution >= 4 is 155 Å². The van der Waals surface area contributed by atoms with Crippen LogP contribution in [0, 0.1) is 33.9 Å². The molecule has 0 bridgehead atoms. The van der Waals surface area contributed by atoms with Crippen LogP contribution in [0.15, 0.2) is 209 Å². The zero-order chi connectivity index (χ0) is 88.6. The molecule has 4 aliphatic rings. The number of halogens is 2. The lowest BCUT2D eigenvalue weighted by Crippen LogP contribution is -2.20. The van der Waals surface area contributed by atoms with E-state index >= 15 is 0 Å². The second-order valence-electron chi connectivity index (χ2n) is 30.3. The van der Waals surface area contributed by atoms with Gasteiger partial charge in [0.2, 0.25) is 11.4 Å². The fourth-order valence-electron chi connectivity index (χ4n) is 16.0. The molecule has 1 N–H and O–H groups in total. The van der Waals surface area contributed by atoms with E-state index in [2.05, 4.69) is 82.2 Å². The lowest BCUT2D eigenvalue weighted by Gasteiger charge is -2.21. The molecule has 0 unspecified atom stereocenters. The minimum absolute atomic E-state index is 0.0129. The van der Waals surface area contributed by atoms with Gasteiger partial charge in [0.25, 0.3) is 0 Å². The van der Waals surface area contributed by atoms with Gasteiger partial charge in [-0.05, 0) is 251 Å².